The lowest BCUT2D eigenvalue weighted by Gasteiger charge is -2.27. The van der Waals surface area contributed by atoms with E-state index >= 15 is 0 Å². The molecule has 1 N–H and O–H groups in total. The predicted molar refractivity (Wildman–Crippen MR) is 103 cm³/mol. The van der Waals surface area contributed by atoms with Crippen LogP contribution in [0.4, 0.5) is 5.95 Å². The fourth-order valence-electron chi connectivity index (χ4n) is 2.64. The van der Waals surface area contributed by atoms with Crippen molar-refractivity contribution >= 4 is 21.9 Å². The van der Waals surface area contributed by atoms with Gasteiger partial charge in [-0.3, -0.25) is 4.79 Å². The molecule has 0 unspecified atom stereocenters. The molecule has 1 fully saturated rings. The van der Waals surface area contributed by atoms with Gasteiger partial charge in [0.15, 0.2) is 0 Å². The molecule has 1 aromatic rings. The Kier molecular flexibility index (Phi) is 7.93. The molecule has 0 aromatic carbocycles. The van der Waals surface area contributed by atoms with Crippen molar-refractivity contribution in [3.63, 3.8) is 0 Å². The van der Waals surface area contributed by atoms with Gasteiger partial charge >= 0.3 is 0 Å². The van der Waals surface area contributed by atoms with Crippen LogP contribution in [-0.2, 0) is 26.1 Å². The van der Waals surface area contributed by atoms with Crippen LogP contribution in [-0.4, -0.2) is 74.2 Å². The zero-order valence-electron chi connectivity index (χ0n) is 16.3. The number of sulfonamides is 1. The molecule has 1 aliphatic rings. The molecule has 0 spiro atoms. The first-order chi connectivity index (χ1) is 12.8. The third-order valence-corrected chi connectivity index (χ3v) is 6.14. The van der Waals surface area contributed by atoms with E-state index < -0.39 is 10.0 Å². The number of amides is 1. The average molecular weight is 400 g/mol. The first kappa shape index (κ1) is 21.5. The predicted octanol–water partition coefficient (Wildman–Crippen LogP) is 0.300. The number of aryl methyl sites for hydroxylation is 1. The number of carbonyl (C=O) groups excluding carboxylic acids is 1. The summed E-state index contributed by atoms with van der Waals surface area (Å²) in [7, 11) is -1.97. The maximum Gasteiger partial charge on any atom is 0.235 e. The van der Waals surface area contributed by atoms with E-state index in [1.807, 2.05) is 19.9 Å². The summed E-state index contributed by atoms with van der Waals surface area (Å²) in [5.41, 5.74) is 1.50. The van der Waals surface area contributed by atoms with E-state index in [1.165, 1.54) is 7.05 Å². The molecule has 9 nitrogen and oxygen atoms in total. The normalized spacial score (nSPS) is 15.2. The number of morpholine rings is 1. The van der Waals surface area contributed by atoms with E-state index in [-0.39, 0.29) is 24.7 Å². The van der Waals surface area contributed by atoms with Crippen molar-refractivity contribution in [2.75, 3.05) is 50.5 Å². The van der Waals surface area contributed by atoms with Crippen molar-refractivity contribution in [3.8, 4) is 0 Å². The molecule has 152 valence electrons. The number of carbonyl (C=O) groups is 1. The van der Waals surface area contributed by atoms with Gasteiger partial charge in [0.25, 0.3) is 0 Å². The fraction of sp³-hybridized carbons (Fsp3) is 0.706. The number of likely N-dealkylation sites (N-methyl/N-ethyl adjacent to an activating group) is 1. The second kappa shape index (κ2) is 9.95. The molecule has 2 heterocycles. The van der Waals surface area contributed by atoms with Crippen LogP contribution in [0.1, 0.15) is 31.2 Å². The van der Waals surface area contributed by atoms with Crippen molar-refractivity contribution in [1.29, 1.82) is 0 Å². The Bertz CT molecular complexity index is 735. The summed E-state index contributed by atoms with van der Waals surface area (Å²) in [5.74, 6) is 0.324. The lowest BCUT2D eigenvalue weighted by molar-refractivity contribution is -0.121. The molecule has 1 saturated heterocycles. The third kappa shape index (κ3) is 6.71. The zero-order chi connectivity index (χ0) is 19.9. The Morgan fingerprint density at radius 2 is 2.04 bits per heavy atom. The topological polar surface area (TPSA) is 105 Å². The summed E-state index contributed by atoms with van der Waals surface area (Å²) in [6, 6.07) is 1.81. The SMILES string of the molecule is CCCCS(=O)(=O)N(C)CC(=O)NCc1cc(C)nc(N2CCOCC2)n1. The Labute approximate surface area is 161 Å². The molecule has 10 heteroatoms. The molecule has 27 heavy (non-hydrogen) atoms. The minimum absolute atomic E-state index is 0.0568. The largest absolute Gasteiger partial charge is 0.378 e. The van der Waals surface area contributed by atoms with Crippen LogP contribution in [0.5, 0.6) is 0 Å². The van der Waals surface area contributed by atoms with Gasteiger partial charge in [-0.05, 0) is 19.4 Å². The van der Waals surface area contributed by atoms with E-state index in [0.29, 0.717) is 31.3 Å². The maximum atomic E-state index is 12.1. The summed E-state index contributed by atoms with van der Waals surface area (Å²) in [4.78, 5) is 23.1. The minimum atomic E-state index is -3.40. The fourth-order valence-corrected chi connectivity index (χ4v) is 3.92. The molecule has 1 aliphatic heterocycles. The molecular weight excluding hydrogens is 370 g/mol. The van der Waals surface area contributed by atoms with Crippen LogP contribution in [0.2, 0.25) is 0 Å². The van der Waals surface area contributed by atoms with Crippen molar-refractivity contribution < 1.29 is 17.9 Å². The lowest BCUT2D eigenvalue weighted by Crippen LogP contribution is -2.39. The number of ether oxygens (including phenoxy) is 1. The average Bonchev–Trinajstić information content (AvgIpc) is 2.65. The Hall–Kier alpha value is -1.78. The highest BCUT2D eigenvalue weighted by atomic mass is 32.2. The monoisotopic (exact) mass is 399 g/mol. The smallest absolute Gasteiger partial charge is 0.235 e. The number of unbranched alkanes of at least 4 members (excludes halogenated alkanes) is 1. The van der Waals surface area contributed by atoms with E-state index in [2.05, 4.69) is 20.2 Å². The zero-order valence-corrected chi connectivity index (χ0v) is 17.1. The van der Waals surface area contributed by atoms with Gasteiger partial charge < -0.3 is 15.0 Å². The maximum absolute atomic E-state index is 12.1. The van der Waals surface area contributed by atoms with Crippen LogP contribution in [0.3, 0.4) is 0 Å². The number of nitrogens with zero attached hydrogens (tertiary/aromatic N) is 4. The highest BCUT2D eigenvalue weighted by Crippen LogP contribution is 2.12. The first-order valence-electron chi connectivity index (χ1n) is 9.20. The molecule has 0 aliphatic carbocycles. The van der Waals surface area contributed by atoms with Gasteiger partial charge in [-0.25, -0.2) is 18.4 Å². The lowest BCUT2D eigenvalue weighted by atomic mass is 10.3. The molecule has 0 radical (unpaired) electrons. The molecular formula is C17H29N5O4S. The van der Waals surface area contributed by atoms with E-state index in [0.717, 1.165) is 29.5 Å². The standard InChI is InChI=1S/C17H29N5O4S/c1-4-5-10-27(24,25)21(3)13-16(23)18-12-15-11-14(2)19-17(20-15)22-6-8-26-9-7-22/h11H,4-10,12-13H2,1-3H3,(H,18,23). The van der Waals surface area contributed by atoms with Gasteiger partial charge in [-0.1, -0.05) is 13.3 Å². The molecule has 2 rings (SSSR count). The highest BCUT2D eigenvalue weighted by molar-refractivity contribution is 7.89. The second-order valence-electron chi connectivity index (χ2n) is 6.60. The summed E-state index contributed by atoms with van der Waals surface area (Å²) in [5, 5.41) is 2.74. The number of hydrogen-bond acceptors (Lipinski definition) is 7. The van der Waals surface area contributed by atoms with Gasteiger partial charge in [-0.2, -0.15) is 4.31 Å². The van der Waals surface area contributed by atoms with Gasteiger partial charge in [0.1, 0.15) is 0 Å². The minimum Gasteiger partial charge on any atom is -0.378 e. The number of nitrogens with one attached hydrogen (secondary N) is 1. The molecule has 1 amide bonds. The third-order valence-electron chi connectivity index (χ3n) is 4.25. The van der Waals surface area contributed by atoms with Crippen LogP contribution in [0, 0.1) is 6.92 Å². The van der Waals surface area contributed by atoms with Crippen molar-refractivity contribution in [1.82, 2.24) is 19.6 Å². The van der Waals surface area contributed by atoms with Gasteiger partial charge in [0.05, 0.1) is 37.8 Å². The van der Waals surface area contributed by atoms with Gasteiger partial charge in [-0.15, -0.1) is 0 Å². The molecule has 1 aromatic heterocycles. The van der Waals surface area contributed by atoms with E-state index in [4.69, 9.17) is 4.74 Å². The van der Waals surface area contributed by atoms with Gasteiger partial charge in [0.2, 0.25) is 21.9 Å². The summed E-state index contributed by atoms with van der Waals surface area (Å²) in [6.45, 7) is 6.58. The Morgan fingerprint density at radius 1 is 1.33 bits per heavy atom. The van der Waals surface area contributed by atoms with Crippen LogP contribution >= 0.6 is 0 Å². The second-order valence-corrected chi connectivity index (χ2v) is 8.80. The van der Waals surface area contributed by atoms with Crippen molar-refractivity contribution in [2.45, 2.75) is 33.2 Å². The van der Waals surface area contributed by atoms with E-state index in [9.17, 15) is 13.2 Å². The summed E-state index contributed by atoms with van der Waals surface area (Å²) < 4.78 is 30.6. The highest BCUT2D eigenvalue weighted by Gasteiger charge is 2.20. The molecule has 0 atom stereocenters. The van der Waals surface area contributed by atoms with Gasteiger partial charge in [0, 0.05) is 25.8 Å². The van der Waals surface area contributed by atoms with Crippen molar-refractivity contribution in [2.24, 2.45) is 0 Å². The number of aromatic nitrogens is 2. The van der Waals surface area contributed by atoms with E-state index in [1.54, 1.807) is 0 Å². The molecule has 0 saturated carbocycles. The quantitative estimate of drug-likeness (QED) is 0.637. The first-order valence-corrected chi connectivity index (χ1v) is 10.8. The number of rotatable bonds is 9. The Morgan fingerprint density at radius 3 is 2.70 bits per heavy atom. The van der Waals surface area contributed by atoms with Crippen molar-refractivity contribution in [3.05, 3.63) is 17.5 Å². The van der Waals surface area contributed by atoms with Crippen LogP contribution in [0.15, 0.2) is 6.07 Å². The number of hydrogen-bond donors (Lipinski definition) is 1. The summed E-state index contributed by atoms with van der Waals surface area (Å²) in [6.07, 6.45) is 1.37. The number of anilines is 1. The molecule has 0 bridgehead atoms. The van der Waals surface area contributed by atoms with Crippen LogP contribution in [0.25, 0.3) is 0 Å². The van der Waals surface area contributed by atoms with Crippen LogP contribution < -0.4 is 10.2 Å². The Balaban J connectivity index is 1.91. The summed E-state index contributed by atoms with van der Waals surface area (Å²) >= 11 is 0.